The number of carbonyl (C=O) groups is 1. The van der Waals surface area contributed by atoms with Gasteiger partial charge in [-0.05, 0) is 23.0 Å². The minimum Gasteiger partial charge on any atom is -0.481 e. The van der Waals surface area contributed by atoms with E-state index in [1.165, 1.54) is 5.56 Å². The standard InChI is InChI=1S/C13H18O2/c1-13(2,3)11-7-5-4-6-10(11)8-9-12(14)15/h4-7H,8-9H2,1-3H3,(H,14,15). The van der Waals surface area contributed by atoms with Crippen molar-refractivity contribution in [1.29, 1.82) is 0 Å². The normalized spacial score (nSPS) is 11.4. The van der Waals surface area contributed by atoms with E-state index in [1.54, 1.807) is 0 Å². The first-order valence-electron chi connectivity index (χ1n) is 5.21. The second kappa shape index (κ2) is 4.47. The Morgan fingerprint density at radius 2 is 1.87 bits per heavy atom. The zero-order chi connectivity index (χ0) is 11.5. The topological polar surface area (TPSA) is 37.3 Å². The molecule has 0 radical (unpaired) electrons. The van der Waals surface area contributed by atoms with Gasteiger partial charge in [0.05, 0.1) is 0 Å². The first-order valence-corrected chi connectivity index (χ1v) is 5.21. The Morgan fingerprint density at radius 1 is 1.27 bits per heavy atom. The maximum atomic E-state index is 10.5. The third kappa shape index (κ3) is 3.39. The van der Waals surface area contributed by atoms with Crippen LogP contribution in [0.1, 0.15) is 38.3 Å². The molecule has 0 saturated carbocycles. The SMILES string of the molecule is CC(C)(C)c1ccccc1CCC(=O)O. The Balaban J connectivity index is 2.92. The Kier molecular flexibility index (Phi) is 3.51. The summed E-state index contributed by atoms with van der Waals surface area (Å²) in [5.74, 6) is -0.737. The van der Waals surface area contributed by atoms with E-state index >= 15 is 0 Å². The van der Waals surface area contributed by atoms with Gasteiger partial charge >= 0.3 is 5.97 Å². The highest BCUT2D eigenvalue weighted by Crippen LogP contribution is 2.26. The van der Waals surface area contributed by atoms with Crippen LogP contribution in [0.5, 0.6) is 0 Å². The van der Waals surface area contributed by atoms with Crippen LogP contribution in [0.4, 0.5) is 0 Å². The van der Waals surface area contributed by atoms with Crippen molar-refractivity contribution in [3.63, 3.8) is 0 Å². The van der Waals surface area contributed by atoms with Gasteiger partial charge in [0.2, 0.25) is 0 Å². The van der Waals surface area contributed by atoms with E-state index in [-0.39, 0.29) is 11.8 Å². The molecule has 1 N–H and O–H groups in total. The quantitative estimate of drug-likeness (QED) is 0.825. The van der Waals surface area contributed by atoms with E-state index in [0.717, 1.165) is 5.56 Å². The number of hydrogen-bond donors (Lipinski definition) is 1. The maximum absolute atomic E-state index is 10.5. The van der Waals surface area contributed by atoms with Crippen LogP contribution in [0.2, 0.25) is 0 Å². The lowest BCUT2D eigenvalue weighted by atomic mass is 9.83. The summed E-state index contributed by atoms with van der Waals surface area (Å²) >= 11 is 0. The number of aliphatic carboxylic acids is 1. The minimum atomic E-state index is -0.737. The Bertz CT molecular complexity index is 348. The highest BCUT2D eigenvalue weighted by Gasteiger charge is 2.17. The molecular formula is C13H18O2. The molecule has 0 atom stereocenters. The molecule has 0 saturated heterocycles. The van der Waals surface area contributed by atoms with Crippen molar-refractivity contribution in [3.05, 3.63) is 35.4 Å². The maximum Gasteiger partial charge on any atom is 0.303 e. The fourth-order valence-corrected chi connectivity index (χ4v) is 1.71. The average Bonchev–Trinajstić information content (AvgIpc) is 2.13. The number of hydrogen-bond acceptors (Lipinski definition) is 1. The fourth-order valence-electron chi connectivity index (χ4n) is 1.71. The molecule has 2 heteroatoms. The zero-order valence-electron chi connectivity index (χ0n) is 9.58. The summed E-state index contributed by atoms with van der Waals surface area (Å²) in [5.41, 5.74) is 2.47. The van der Waals surface area contributed by atoms with Crippen LogP contribution >= 0.6 is 0 Å². The number of benzene rings is 1. The van der Waals surface area contributed by atoms with E-state index in [4.69, 9.17) is 5.11 Å². The predicted molar refractivity (Wildman–Crippen MR) is 61.1 cm³/mol. The number of carboxylic acids is 1. The Labute approximate surface area is 90.9 Å². The van der Waals surface area contributed by atoms with Crippen molar-refractivity contribution in [2.75, 3.05) is 0 Å². The molecule has 15 heavy (non-hydrogen) atoms. The smallest absolute Gasteiger partial charge is 0.303 e. The minimum absolute atomic E-state index is 0.0785. The van der Waals surface area contributed by atoms with Gasteiger partial charge in [0.25, 0.3) is 0 Å². The third-order valence-electron chi connectivity index (χ3n) is 2.43. The van der Waals surface area contributed by atoms with Crippen LogP contribution in [-0.4, -0.2) is 11.1 Å². The monoisotopic (exact) mass is 206 g/mol. The van der Waals surface area contributed by atoms with Gasteiger partial charge in [0, 0.05) is 6.42 Å². The van der Waals surface area contributed by atoms with Gasteiger partial charge in [-0.15, -0.1) is 0 Å². The molecule has 1 rings (SSSR count). The van der Waals surface area contributed by atoms with Crippen molar-refractivity contribution < 1.29 is 9.90 Å². The summed E-state index contributed by atoms with van der Waals surface area (Å²) in [4.78, 5) is 10.5. The molecule has 0 aromatic heterocycles. The van der Waals surface area contributed by atoms with Crippen molar-refractivity contribution in [3.8, 4) is 0 Å². The summed E-state index contributed by atoms with van der Waals surface area (Å²) < 4.78 is 0. The molecule has 0 bridgehead atoms. The van der Waals surface area contributed by atoms with Gasteiger partial charge in [-0.2, -0.15) is 0 Å². The summed E-state index contributed by atoms with van der Waals surface area (Å²) in [6, 6.07) is 8.07. The molecule has 0 spiro atoms. The molecule has 0 heterocycles. The van der Waals surface area contributed by atoms with E-state index in [9.17, 15) is 4.79 Å². The lowest BCUT2D eigenvalue weighted by Crippen LogP contribution is -2.14. The van der Waals surface area contributed by atoms with Crippen molar-refractivity contribution in [2.24, 2.45) is 0 Å². The molecule has 2 nitrogen and oxygen atoms in total. The highest BCUT2D eigenvalue weighted by atomic mass is 16.4. The van der Waals surface area contributed by atoms with E-state index in [1.807, 2.05) is 18.2 Å². The largest absolute Gasteiger partial charge is 0.481 e. The second-order valence-electron chi connectivity index (χ2n) is 4.80. The van der Waals surface area contributed by atoms with Crippen LogP contribution in [0, 0.1) is 0 Å². The van der Waals surface area contributed by atoms with Crippen molar-refractivity contribution in [1.82, 2.24) is 0 Å². The number of rotatable bonds is 3. The second-order valence-corrected chi connectivity index (χ2v) is 4.80. The van der Waals surface area contributed by atoms with Crippen LogP contribution in [0.3, 0.4) is 0 Å². The molecule has 0 aliphatic rings. The fraction of sp³-hybridized carbons (Fsp3) is 0.462. The molecule has 0 unspecified atom stereocenters. The van der Waals surface area contributed by atoms with E-state index in [0.29, 0.717) is 6.42 Å². The summed E-state index contributed by atoms with van der Waals surface area (Å²) in [6.45, 7) is 6.44. The Hall–Kier alpha value is -1.31. The molecule has 82 valence electrons. The van der Waals surface area contributed by atoms with E-state index < -0.39 is 5.97 Å². The molecule has 1 aromatic carbocycles. The Morgan fingerprint density at radius 3 is 2.40 bits per heavy atom. The average molecular weight is 206 g/mol. The van der Waals surface area contributed by atoms with Gasteiger partial charge in [0.15, 0.2) is 0 Å². The molecule has 0 amide bonds. The summed E-state index contributed by atoms with van der Waals surface area (Å²) in [7, 11) is 0. The van der Waals surface area contributed by atoms with Crippen LogP contribution < -0.4 is 0 Å². The molecular weight excluding hydrogens is 188 g/mol. The van der Waals surface area contributed by atoms with Crippen molar-refractivity contribution in [2.45, 2.75) is 39.0 Å². The first kappa shape index (κ1) is 11.8. The summed E-state index contributed by atoms with van der Waals surface area (Å²) in [6.07, 6.45) is 0.815. The van der Waals surface area contributed by atoms with Gasteiger partial charge in [-0.1, -0.05) is 45.0 Å². The van der Waals surface area contributed by atoms with Crippen LogP contribution in [0.25, 0.3) is 0 Å². The summed E-state index contributed by atoms with van der Waals surface area (Å²) in [5, 5.41) is 8.67. The molecule has 0 aliphatic heterocycles. The van der Waals surface area contributed by atoms with Gasteiger partial charge < -0.3 is 5.11 Å². The zero-order valence-corrected chi connectivity index (χ0v) is 9.58. The predicted octanol–water partition coefficient (Wildman–Crippen LogP) is 3.00. The molecule has 1 aromatic rings. The lowest BCUT2D eigenvalue weighted by Gasteiger charge is -2.22. The van der Waals surface area contributed by atoms with Crippen LogP contribution in [0.15, 0.2) is 24.3 Å². The number of aryl methyl sites for hydroxylation is 1. The third-order valence-corrected chi connectivity index (χ3v) is 2.43. The van der Waals surface area contributed by atoms with Gasteiger partial charge in [-0.3, -0.25) is 4.79 Å². The molecule has 0 aliphatic carbocycles. The van der Waals surface area contributed by atoms with Crippen molar-refractivity contribution >= 4 is 5.97 Å². The van der Waals surface area contributed by atoms with E-state index in [2.05, 4.69) is 26.8 Å². The lowest BCUT2D eigenvalue weighted by molar-refractivity contribution is -0.136. The van der Waals surface area contributed by atoms with Gasteiger partial charge in [-0.25, -0.2) is 0 Å². The van der Waals surface area contributed by atoms with Gasteiger partial charge in [0.1, 0.15) is 0 Å². The molecule has 0 fully saturated rings. The highest BCUT2D eigenvalue weighted by molar-refractivity contribution is 5.67. The first-order chi connectivity index (χ1) is 6.91. The number of carboxylic acid groups (broad SMARTS) is 1. The van der Waals surface area contributed by atoms with Crippen LogP contribution in [-0.2, 0) is 16.6 Å².